The summed E-state index contributed by atoms with van der Waals surface area (Å²) in [5.41, 5.74) is 2.98. The van der Waals surface area contributed by atoms with Crippen molar-refractivity contribution in [2.45, 2.75) is 11.4 Å². The van der Waals surface area contributed by atoms with Crippen molar-refractivity contribution in [3.63, 3.8) is 0 Å². The molecule has 1 aliphatic carbocycles. The Morgan fingerprint density at radius 1 is 1.07 bits per heavy atom. The van der Waals surface area contributed by atoms with Gasteiger partial charge in [0, 0.05) is 49.9 Å². The summed E-state index contributed by atoms with van der Waals surface area (Å²) >= 11 is 1.79. The maximum atomic E-state index is 14.6. The Bertz CT molecular complexity index is 859. The number of morpholine rings is 1. The molecule has 5 rings (SSSR count). The first-order valence-corrected chi connectivity index (χ1v) is 12.1. The van der Waals surface area contributed by atoms with Crippen molar-refractivity contribution in [3.05, 3.63) is 53.8 Å². The predicted octanol–water partition coefficient (Wildman–Crippen LogP) is 4.17. The smallest absolute Gasteiger partial charge is 0.148 e. The van der Waals surface area contributed by atoms with Crippen LogP contribution in [0.4, 0.5) is 15.8 Å². The molecular formula is C24H30FN3OS. The van der Waals surface area contributed by atoms with Gasteiger partial charge in [0.05, 0.1) is 18.9 Å². The SMILES string of the molecule is CSc1ccc(CN2CC3C(CNc4ccc(N5CCOCC5)c(F)c4)C3C2)cc1. The molecule has 2 aromatic rings. The average Bonchev–Trinajstić information content (AvgIpc) is 3.24. The quantitative estimate of drug-likeness (QED) is 0.670. The molecule has 2 atom stereocenters. The predicted molar refractivity (Wildman–Crippen MR) is 122 cm³/mol. The van der Waals surface area contributed by atoms with Crippen LogP contribution in [0.25, 0.3) is 0 Å². The second kappa shape index (κ2) is 8.77. The van der Waals surface area contributed by atoms with E-state index in [9.17, 15) is 4.39 Å². The lowest BCUT2D eigenvalue weighted by atomic mass is 10.2. The molecule has 6 heteroatoms. The summed E-state index contributed by atoms with van der Waals surface area (Å²) in [6.45, 7) is 7.23. The van der Waals surface area contributed by atoms with Crippen LogP contribution < -0.4 is 10.2 Å². The Balaban J connectivity index is 1.08. The van der Waals surface area contributed by atoms with E-state index in [1.165, 1.54) is 23.5 Å². The van der Waals surface area contributed by atoms with Gasteiger partial charge in [0.15, 0.2) is 0 Å². The van der Waals surface area contributed by atoms with Gasteiger partial charge in [0.1, 0.15) is 5.82 Å². The molecule has 2 unspecified atom stereocenters. The van der Waals surface area contributed by atoms with Gasteiger partial charge in [-0.2, -0.15) is 0 Å². The summed E-state index contributed by atoms with van der Waals surface area (Å²) in [4.78, 5) is 5.97. The van der Waals surface area contributed by atoms with Gasteiger partial charge in [-0.1, -0.05) is 12.1 Å². The number of rotatable bonds is 7. The molecule has 2 saturated heterocycles. The number of nitrogens with zero attached hydrogens (tertiary/aromatic N) is 2. The van der Waals surface area contributed by atoms with Gasteiger partial charge >= 0.3 is 0 Å². The molecule has 2 aliphatic heterocycles. The Kier molecular flexibility index (Phi) is 5.89. The summed E-state index contributed by atoms with van der Waals surface area (Å²) in [7, 11) is 0. The largest absolute Gasteiger partial charge is 0.385 e. The van der Waals surface area contributed by atoms with E-state index in [0.717, 1.165) is 49.6 Å². The highest BCUT2D eigenvalue weighted by molar-refractivity contribution is 7.98. The number of fused-ring (bicyclic) bond motifs is 1. The fourth-order valence-electron chi connectivity index (χ4n) is 5.07. The standard InChI is InChI=1S/C24H30FN3OS/c1-30-19-5-2-17(3-6-19)14-27-15-21-20(22(21)16-27)13-26-18-4-7-24(23(25)12-18)28-8-10-29-11-9-28/h2-7,12,20-22,26H,8-11,13-16H2,1H3. The van der Waals surface area contributed by atoms with Crippen molar-refractivity contribution in [3.8, 4) is 0 Å². The molecule has 0 bridgehead atoms. The van der Waals surface area contributed by atoms with Crippen LogP contribution in [0.3, 0.4) is 0 Å². The van der Waals surface area contributed by atoms with E-state index in [-0.39, 0.29) is 5.82 Å². The van der Waals surface area contributed by atoms with Crippen molar-refractivity contribution in [2.24, 2.45) is 17.8 Å². The summed E-state index contributed by atoms with van der Waals surface area (Å²) in [6, 6.07) is 14.5. The molecule has 0 aromatic heterocycles. The molecule has 3 fully saturated rings. The first-order chi connectivity index (χ1) is 14.7. The maximum absolute atomic E-state index is 14.6. The molecule has 30 heavy (non-hydrogen) atoms. The Hall–Kier alpha value is -1.76. The number of hydrogen-bond donors (Lipinski definition) is 1. The van der Waals surface area contributed by atoms with E-state index >= 15 is 0 Å². The number of anilines is 2. The number of likely N-dealkylation sites (tertiary alicyclic amines) is 1. The van der Waals surface area contributed by atoms with Gasteiger partial charge in [-0.3, -0.25) is 4.90 Å². The molecule has 3 aliphatic rings. The normalized spacial score (nSPS) is 25.9. The van der Waals surface area contributed by atoms with Crippen molar-refractivity contribution in [1.29, 1.82) is 0 Å². The number of benzene rings is 2. The van der Waals surface area contributed by atoms with Gasteiger partial charge < -0.3 is 15.0 Å². The molecule has 0 spiro atoms. The van der Waals surface area contributed by atoms with Crippen molar-refractivity contribution >= 4 is 23.1 Å². The molecule has 0 radical (unpaired) electrons. The zero-order valence-electron chi connectivity index (χ0n) is 17.5. The lowest BCUT2D eigenvalue weighted by molar-refractivity contribution is 0.122. The zero-order valence-corrected chi connectivity index (χ0v) is 18.3. The van der Waals surface area contributed by atoms with Crippen LogP contribution in [-0.2, 0) is 11.3 Å². The summed E-state index contributed by atoms with van der Waals surface area (Å²) in [5, 5.41) is 3.48. The minimum atomic E-state index is -0.142. The van der Waals surface area contributed by atoms with Crippen molar-refractivity contribution in [2.75, 3.05) is 62.4 Å². The maximum Gasteiger partial charge on any atom is 0.148 e. The monoisotopic (exact) mass is 427 g/mol. The molecule has 2 aromatic carbocycles. The third-order valence-electron chi connectivity index (χ3n) is 6.85. The van der Waals surface area contributed by atoms with Crippen LogP contribution in [0.1, 0.15) is 5.56 Å². The molecule has 0 amide bonds. The van der Waals surface area contributed by atoms with Gasteiger partial charge in [-0.25, -0.2) is 4.39 Å². The highest BCUT2D eigenvalue weighted by Gasteiger charge is 2.54. The van der Waals surface area contributed by atoms with Crippen LogP contribution in [0.15, 0.2) is 47.4 Å². The van der Waals surface area contributed by atoms with Gasteiger partial charge in [-0.15, -0.1) is 11.8 Å². The molecule has 4 nitrogen and oxygen atoms in total. The zero-order chi connectivity index (χ0) is 20.5. The summed E-state index contributed by atoms with van der Waals surface area (Å²) < 4.78 is 19.9. The van der Waals surface area contributed by atoms with Crippen LogP contribution in [-0.4, -0.2) is 57.1 Å². The van der Waals surface area contributed by atoms with E-state index in [1.54, 1.807) is 17.8 Å². The number of piperidine rings is 1. The number of ether oxygens (including phenoxy) is 1. The first-order valence-electron chi connectivity index (χ1n) is 10.9. The first kappa shape index (κ1) is 20.2. The minimum Gasteiger partial charge on any atom is -0.385 e. The Labute approximate surface area is 182 Å². The third kappa shape index (κ3) is 4.32. The minimum absolute atomic E-state index is 0.142. The molecule has 2 heterocycles. The highest BCUT2D eigenvalue weighted by Crippen LogP contribution is 2.51. The van der Waals surface area contributed by atoms with Gasteiger partial charge in [-0.05, 0) is 59.9 Å². The van der Waals surface area contributed by atoms with Crippen molar-refractivity contribution < 1.29 is 9.13 Å². The lowest BCUT2D eigenvalue weighted by Gasteiger charge is -2.29. The van der Waals surface area contributed by atoms with E-state index in [4.69, 9.17) is 4.74 Å². The van der Waals surface area contributed by atoms with Crippen LogP contribution in [0.2, 0.25) is 0 Å². The third-order valence-corrected chi connectivity index (χ3v) is 7.60. The Morgan fingerprint density at radius 3 is 2.47 bits per heavy atom. The summed E-state index contributed by atoms with van der Waals surface area (Å²) in [6.07, 6.45) is 2.12. The fourth-order valence-corrected chi connectivity index (χ4v) is 5.48. The molecule has 1 saturated carbocycles. The number of hydrogen-bond acceptors (Lipinski definition) is 5. The van der Waals surface area contributed by atoms with E-state index in [0.29, 0.717) is 18.9 Å². The van der Waals surface area contributed by atoms with E-state index in [1.807, 2.05) is 12.1 Å². The van der Waals surface area contributed by atoms with Gasteiger partial charge in [0.2, 0.25) is 0 Å². The molecule has 1 N–H and O–H groups in total. The van der Waals surface area contributed by atoms with E-state index < -0.39 is 0 Å². The second-order valence-corrected chi connectivity index (χ2v) is 9.56. The van der Waals surface area contributed by atoms with Gasteiger partial charge in [0.25, 0.3) is 0 Å². The fraction of sp³-hybridized carbons (Fsp3) is 0.500. The highest BCUT2D eigenvalue weighted by atomic mass is 32.2. The average molecular weight is 428 g/mol. The van der Waals surface area contributed by atoms with Crippen LogP contribution in [0, 0.1) is 23.6 Å². The van der Waals surface area contributed by atoms with E-state index in [2.05, 4.69) is 45.6 Å². The Morgan fingerprint density at radius 2 is 1.80 bits per heavy atom. The summed E-state index contributed by atoms with van der Waals surface area (Å²) in [5.74, 6) is 2.17. The number of thioether (sulfide) groups is 1. The van der Waals surface area contributed by atoms with Crippen LogP contribution in [0.5, 0.6) is 0 Å². The van der Waals surface area contributed by atoms with Crippen LogP contribution >= 0.6 is 11.8 Å². The molecular weight excluding hydrogens is 397 g/mol. The lowest BCUT2D eigenvalue weighted by Crippen LogP contribution is -2.36. The second-order valence-electron chi connectivity index (χ2n) is 8.68. The van der Waals surface area contributed by atoms with Crippen molar-refractivity contribution in [1.82, 2.24) is 4.90 Å². The number of nitrogens with one attached hydrogen (secondary N) is 1. The topological polar surface area (TPSA) is 27.7 Å². The number of halogens is 1. The molecule has 160 valence electrons.